The maximum atomic E-state index is 13.0. The summed E-state index contributed by atoms with van der Waals surface area (Å²) in [6.45, 7) is 2.28. The number of nitrogens with one attached hydrogen (secondary N) is 1. The highest BCUT2D eigenvalue weighted by molar-refractivity contribution is 5.96. The molecule has 140 valence electrons. The molecule has 0 radical (unpaired) electrons. The first-order valence-electron chi connectivity index (χ1n) is 8.64. The molecule has 1 aromatic carbocycles. The standard InChI is InChI=1S/C20H22N4O3/c1-4-27-20-16(6-5-11-22-20)19(25)23-17(18-21-12-13-24(18)2)14-7-9-15(26-3)10-8-14/h5-13,17H,4H2,1-3H3,(H,23,25)/t17-/m0/s1. The van der Waals surface area contributed by atoms with Crippen LogP contribution in [0.5, 0.6) is 11.6 Å². The normalized spacial score (nSPS) is 11.7. The number of carbonyl (C=O) groups is 1. The fourth-order valence-corrected chi connectivity index (χ4v) is 2.77. The number of rotatable bonds is 7. The van der Waals surface area contributed by atoms with Gasteiger partial charge in [0.1, 0.15) is 23.2 Å². The number of benzene rings is 1. The molecule has 0 aliphatic carbocycles. The first-order chi connectivity index (χ1) is 13.1. The first-order valence-corrected chi connectivity index (χ1v) is 8.64. The van der Waals surface area contributed by atoms with Crippen molar-refractivity contribution in [3.05, 3.63) is 71.9 Å². The summed E-state index contributed by atoms with van der Waals surface area (Å²) in [7, 11) is 3.51. The van der Waals surface area contributed by atoms with E-state index in [4.69, 9.17) is 9.47 Å². The van der Waals surface area contributed by atoms with Gasteiger partial charge in [-0.3, -0.25) is 4.79 Å². The van der Waals surface area contributed by atoms with Gasteiger partial charge >= 0.3 is 0 Å². The summed E-state index contributed by atoms with van der Waals surface area (Å²) in [5.41, 5.74) is 1.27. The molecule has 1 N–H and O–H groups in total. The Morgan fingerprint density at radius 2 is 1.96 bits per heavy atom. The predicted octanol–water partition coefficient (Wildman–Crippen LogP) is 2.74. The molecular formula is C20H22N4O3. The van der Waals surface area contributed by atoms with E-state index < -0.39 is 6.04 Å². The van der Waals surface area contributed by atoms with Crippen LogP contribution in [-0.4, -0.2) is 34.2 Å². The van der Waals surface area contributed by atoms with E-state index in [2.05, 4.69) is 15.3 Å². The van der Waals surface area contributed by atoms with Crippen molar-refractivity contribution in [3.63, 3.8) is 0 Å². The van der Waals surface area contributed by atoms with E-state index in [1.807, 2.05) is 49.0 Å². The monoisotopic (exact) mass is 366 g/mol. The third-order valence-electron chi connectivity index (χ3n) is 4.14. The number of hydrogen-bond donors (Lipinski definition) is 1. The number of hydrogen-bond acceptors (Lipinski definition) is 5. The van der Waals surface area contributed by atoms with Crippen molar-refractivity contribution < 1.29 is 14.3 Å². The Morgan fingerprint density at radius 3 is 2.59 bits per heavy atom. The average Bonchev–Trinajstić information content (AvgIpc) is 3.12. The van der Waals surface area contributed by atoms with Gasteiger partial charge in [0, 0.05) is 25.6 Å². The largest absolute Gasteiger partial charge is 0.497 e. The Hall–Kier alpha value is -3.35. The minimum Gasteiger partial charge on any atom is -0.497 e. The number of pyridine rings is 1. The van der Waals surface area contributed by atoms with Crippen molar-refractivity contribution in [1.29, 1.82) is 0 Å². The summed E-state index contributed by atoms with van der Waals surface area (Å²) in [5.74, 6) is 1.49. The van der Waals surface area contributed by atoms with Crippen molar-refractivity contribution in [2.75, 3.05) is 13.7 Å². The van der Waals surface area contributed by atoms with Gasteiger partial charge in [0.2, 0.25) is 5.88 Å². The number of nitrogens with zero attached hydrogens (tertiary/aromatic N) is 3. The summed E-state index contributed by atoms with van der Waals surface area (Å²) in [6, 6.07) is 10.5. The molecule has 0 saturated heterocycles. The Morgan fingerprint density at radius 1 is 1.19 bits per heavy atom. The molecule has 0 aliphatic heterocycles. The summed E-state index contributed by atoms with van der Waals surface area (Å²) in [5, 5.41) is 3.05. The van der Waals surface area contributed by atoms with Gasteiger partial charge in [-0.25, -0.2) is 9.97 Å². The van der Waals surface area contributed by atoms with Crippen LogP contribution in [0.25, 0.3) is 0 Å². The fraction of sp³-hybridized carbons (Fsp3) is 0.250. The number of carbonyl (C=O) groups excluding carboxylic acids is 1. The van der Waals surface area contributed by atoms with Crippen LogP contribution in [0, 0.1) is 0 Å². The Balaban J connectivity index is 1.94. The average molecular weight is 366 g/mol. The van der Waals surface area contributed by atoms with E-state index >= 15 is 0 Å². The molecule has 1 atom stereocenters. The quantitative estimate of drug-likeness (QED) is 0.696. The molecule has 1 amide bonds. The zero-order valence-electron chi connectivity index (χ0n) is 15.5. The lowest BCUT2D eigenvalue weighted by molar-refractivity contribution is 0.0936. The van der Waals surface area contributed by atoms with E-state index in [9.17, 15) is 4.79 Å². The van der Waals surface area contributed by atoms with Gasteiger partial charge in [-0.1, -0.05) is 12.1 Å². The van der Waals surface area contributed by atoms with Crippen molar-refractivity contribution in [2.45, 2.75) is 13.0 Å². The SMILES string of the molecule is CCOc1ncccc1C(=O)N[C@@H](c1ccc(OC)cc1)c1nccn1C. The number of aryl methyl sites for hydroxylation is 1. The molecule has 7 nitrogen and oxygen atoms in total. The van der Waals surface area contributed by atoms with Gasteiger partial charge in [0.25, 0.3) is 5.91 Å². The maximum absolute atomic E-state index is 13.0. The third-order valence-corrected chi connectivity index (χ3v) is 4.14. The Labute approximate surface area is 158 Å². The molecule has 0 aliphatic rings. The molecule has 0 saturated carbocycles. The van der Waals surface area contributed by atoms with Gasteiger partial charge < -0.3 is 19.4 Å². The number of aromatic nitrogens is 3. The molecular weight excluding hydrogens is 344 g/mol. The maximum Gasteiger partial charge on any atom is 0.257 e. The Bertz CT molecular complexity index is 906. The van der Waals surface area contributed by atoms with Crippen LogP contribution in [0.4, 0.5) is 0 Å². The summed E-state index contributed by atoms with van der Waals surface area (Å²) in [4.78, 5) is 21.5. The van der Waals surface area contributed by atoms with Crippen molar-refractivity contribution in [2.24, 2.45) is 7.05 Å². The van der Waals surface area contributed by atoms with Crippen LogP contribution in [-0.2, 0) is 7.05 Å². The highest BCUT2D eigenvalue weighted by Crippen LogP contribution is 2.24. The number of imidazole rings is 1. The van der Waals surface area contributed by atoms with Crippen LogP contribution in [0.3, 0.4) is 0 Å². The van der Waals surface area contributed by atoms with E-state index in [0.29, 0.717) is 18.1 Å². The molecule has 7 heteroatoms. The van der Waals surface area contributed by atoms with Gasteiger partial charge in [0.05, 0.1) is 13.7 Å². The highest BCUT2D eigenvalue weighted by atomic mass is 16.5. The molecule has 0 fully saturated rings. The number of methoxy groups -OCH3 is 1. The molecule has 0 bridgehead atoms. The van der Waals surface area contributed by atoms with E-state index in [1.165, 1.54) is 0 Å². The van der Waals surface area contributed by atoms with Crippen molar-refractivity contribution in [1.82, 2.24) is 19.9 Å². The fourth-order valence-electron chi connectivity index (χ4n) is 2.77. The second-order valence-electron chi connectivity index (χ2n) is 5.87. The van der Waals surface area contributed by atoms with Crippen LogP contribution in [0.2, 0.25) is 0 Å². The summed E-state index contributed by atoms with van der Waals surface area (Å²) in [6.07, 6.45) is 5.14. The van der Waals surface area contributed by atoms with Crippen molar-refractivity contribution >= 4 is 5.91 Å². The minimum absolute atomic E-state index is 0.282. The molecule has 0 spiro atoms. The number of amides is 1. The third kappa shape index (κ3) is 4.08. The van der Waals surface area contributed by atoms with E-state index in [-0.39, 0.29) is 5.91 Å². The molecule has 0 unspecified atom stereocenters. The summed E-state index contributed by atoms with van der Waals surface area (Å²) >= 11 is 0. The number of ether oxygens (including phenoxy) is 2. The second kappa shape index (κ2) is 8.35. The topological polar surface area (TPSA) is 78.3 Å². The summed E-state index contributed by atoms with van der Waals surface area (Å²) < 4.78 is 12.6. The van der Waals surface area contributed by atoms with Gasteiger partial charge in [-0.2, -0.15) is 0 Å². The lowest BCUT2D eigenvalue weighted by Gasteiger charge is -2.20. The van der Waals surface area contributed by atoms with Crippen LogP contribution < -0.4 is 14.8 Å². The Kier molecular flexibility index (Phi) is 5.71. The van der Waals surface area contributed by atoms with Gasteiger partial charge in [-0.15, -0.1) is 0 Å². The second-order valence-corrected chi connectivity index (χ2v) is 5.87. The zero-order chi connectivity index (χ0) is 19.2. The van der Waals surface area contributed by atoms with Crippen LogP contribution in [0.15, 0.2) is 55.0 Å². The first kappa shape index (κ1) is 18.4. The molecule has 2 heterocycles. The molecule has 3 aromatic rings. The minimum atomic E-state index is -0.432. The van der Waals surface area contributed by atoms with Crippen LogP contribution in [0.1, 0.15) is 34.7 Å². The highest BCUT2D eigenvalue weighted by Gasteiger charge is 2.23. The molecule has 27 heavy (non-hydrogen) atoms. The predicted molar refractivity (Wildman–Crippen MR) is 101 cm³/mol. The van der Waals surface area contributed by atoms with Crippen LogP contribution >= 0.6 is 0 Å². The van der Waals surface area contributed by atoms with Crippen molar-refractivity contribution in [3.8, 4) is 11.6 Å². The van der Waals surface area contributed by atoms with Gasteiger partial charge in [-0.05, 0) is 36.8 Å². The molecule has 3 rings (SSSR count). The van der Waals surface area contributed by atoms with Gasteiger partial charge in [0.15, 0.2) is 0 Å². The lowest BCUT2D eigenvalue weighted by Crippen LogP contribution is -2.31. The van der Waals surface area contributed by atoms with E-state index in [0.717, 1.165) is 17.1 Å². The van der Waals surface area contributed by atoms with E-state index in [1.54, 1.807) is 31.6 Å². The molecule has 2 aromatic heterocycles. The zero-order valence-corrected chi connectivity index (χ0v) is 15.5. The smallest absolute Gasteiger partial charge is 0.257 e. The lowest BCUT2D eigenvalue weighted by atomic mass is 10.1.